The minimum absolute atomic E-state index is 0.0417. The van der Waals surface area contributed by atoms with E-state index in [1.807, 2.05) is 39.9 Å². The van der Waals surface area contributed by atoms with Crippen LogP contribution in [0.1, 0.15) is 23.6 Å². The van der Waals surface area contributed by atoms with E-state index < -0.39 is 18.0 Å². The van der Waals surface area contributed by atoms with E-state index in [9.17, 15) is 14.7 Å². The van der Waals surface area contributed by atoms with Crippen molar-refractivity contribution in [3.8, 4) is 5.75 Å². The van der Waals surface area contributed by atoms with Crippen molar-refractivity contribution in [1.82, 2.24) is 19.4 Å². The Balaban J connectivity index is 1.59. The lowest BCUT2D eigenvalue weighted by Gasteiger charge is -2.37. The quantitative estimate of drug-likeness (QED) is 0.510. The Kier molecular flexibility index (Phi) is 6.90. The summed E-state index contributed by atoms with van der Waals surface area (Å²) in [4.78, 5) is 32.0. The van der Waals surface area contributed by atoms with Gasteiger partial charge in [0.15, 0.2) is 0 Å². The Morgan fingerprint density at radius 2 is 1.94 bits per heavy atom. The summed E-state index contributed by atoms with van der Waals surface area (Å²) in [6, 6.07) is 8.61. The van der Waals surface area contributed by atoms with E-state index in [1.165, 1.54) is 0 Å². The van der Waals surface area contributed by atoms with Crippen molar-refractivity contribution in [2.24, 2.45) is 0 Å². The molecule has 0 amide bonds. The number of aromatic nitrogens is 2. The van der Waals surface area contributed by atoms with Gasteiger partial charge >= 0.3 is 11.9 Å². The van der Waals surface area contributed by atoms with Gasteiger partial charge in [-0.3, -0.25) is 24.4 Å². The number of carbonyl (C=O) groups is 2. The van der Waals surface area contributed by atoms with Gasteiger partial charge in [-0.1, -0.05) is 6.07 Å². The molecule has 1 fully saturated rings. The Morgan fingerprint density at radius 1 is 1.15 bits per heavy atom. The van der Waals surface area contributed by atoms with Crippen LogP contribution >= 0.6 is 0 Å². The third kappa shape index (κ3) is 5.15. The number of carboxylic acids is 2. The van der Waals surface area contributed by atoms with Gasteiger partial charge < -0.3 is 19.5 Å². The minimum Gasteiger partial charge on any atom is -0.497 e. The number of pyridine rings is 1. The van der Waals surface area contributed by atoms with Gasteiger partial charge in [0.1, 0.15) is 11.8 Å². The number of ether oxygens (including phenoxy) is 1. The number of aryl methyl sites for hydroxylation is 1. The molecule has 0 aliphatic carbocycles. The van der Waals surface area contributed by atoms with Gasteiger partial charge in [-0.2, -0.15) is 0 Å². The lowest BCUT2D eigenvalue weighted by atomic mass is 10.0. The summed E-state index contributed by atoms with van der Waals surface area (Å²) in [5.74, 6) is -1.19. The molecule has 174 valence electrons. The first-order chi connectivity index (χ1) is 16.0. The highest BCUT2D eigenvalue weighted by molar-refractivity contribution is 5.90. The second kappa shape index (κ2) is 10.0. The molecule has 3 heterocycles. The second-order valence-corrected chi connectivity index (χ2v) is 8.22. The smallest absolute Gasteiger partial charge is 0.325 e. The second-order valence-electron chi connectivity index (χ2n) is 8.22. The van der Waals surface area contributed by atoms with Crippen molar-refractivity contribution in [3.05, 3.63) is 60.0 Å². The summed E-state index contributed by atoms with van der Waals surface area (Å²) < 4.78 is 7.19. The number of nitrogens with zero attached hydrogens (tertiary/aromatic N) is 4. The highest BCUT2D eigenvalue weighted by atomic mass is 16.5. The molecule has 9 heteroatoms. The summed E-state index contributed by atoms with van der Waals surface area (Å²) in [5.41, 5.74) is 2.59. The molecule has 0 unspecified atom stereocenters. The zero-order chi connectivity index (χ0) is 23.4. The van der Waals surface area contributed by atoms with Gasteiger partial charge in [-0.25, -0.2) is 0 Å². The van der Waals surface area contributed by atoms with E-state index in [2.05, 4.69) is 9.88 Å². The van der Waals surface area contributed by atoms with Crippen LogP contribution in [0.2, 0.25) is 0 Å². The lowest BCUT2D eigenvalue weighted by Crippen LogP contribution is -2.48. The standard InChI is InChI=1S/C24H28N4O5/c1-33-18-4-5-21-19(13-18)20(16-28(21)8-6-22(29)30)23(24(31)32)27-11-9-26(10-12-27)15-17-3-2-7-25-14-17/h2-5,7,13-14,16,23H,6,8-12,15H2,1H3,(H,29,30)(H,31,32)/t23-/m0/s1. The van der Waals surface area contributed by atoms with Crippen molar-refractivity contribution in [1.29, 1.82) is 0 Å². The van der Waals surface area contributed by atoms with Gasteiger partial charge in [0.05, 0.1) is 13.5 Å². The van der Waals surface area contributed by atoms with Crippen molar-refractivity contribution in [2.75, 3.05) is 33.3 Å². The molecule has 0 saturated carbocycles. The van der Waals surface area contributed by atoms with E-state index in [-0.39, 0.29) is 13.0 Å². The van der Waals surface area contributed by atoms with Crippen molar-refractivity contribution >= 4 is 22.8 Å². The lowest BCUT2D eigenvalue weighted by molar-refractivity contribution is -0.144. The molecule has 1 atom stereocenters. The topological polar surface area (TPSA) is 108 Å². The zero-order valence-corrected chi connectivity index (χ0v) is 18.6. The van der Waals surface area contributed by atoms with E-state index in [0.717, 1.165) is 36.1 Å². The summed E-state index contributed by atoms with van der Waals surface area (Å²) >= 11 is 0. The number of benzene rings is 1. The molecular formula is C24H28N4O5. The van der Waals surface area contributed by atoms with Gasteiger partial charge in [-0.15, -0.1) is 0 Å². The Bertz CT molecular complexity index is 1120. The molecule has 3 aromatic rings. The van der Waals surface area contributed by atoms with Gasteiger partial charge in [0, 0.05) is 74.3 Å². The fourth-order valence-corrected chi connectivity index (χ4v) is 4.47. The molecule has 1 aliphatic rings. The van der Waals surface area contributed by atoms with E-state index in [0.29, 0.717) is 24.4 Å². The largest absolute Gasteiger partial charge is 0.497 e. The number of piperazine rings is 1. The monoisotopic (exact) mass is 452 g/mol. The molecule has 4 rings (SSSR count). The predicted molar refractivity (Wildman–Crippen MR) is 122 cm³/mol. The van der Waals surface area contributed by atoms with Gasteiger partial charge in [0.2, 0.25) is 0 Å². The Labute approximate surface area is 191 Å². The summed E-state index contributed by atoms with van der Waals surface area (Å²) in [6.07, 6.45) is 5.35. The number of hydrogen-bond donors (Lipinski definition) is 2. The predicted octanol–water partition coefficient (Wildman–Crippen LogP) is 2.46. The molecule has 1 aromatic carbocycles. The SMILES string of the molecule is COc1ccc2c(c1)c([C@@H](C(=O)O)N1CCN(Cc3cccnc3)CC1)cn2CCC(=O)O. The highest BCUT2D eigenvalue weighted by Gasteiger charge is 2.33. The highest BCUT2D eigenvalue weighted by Crippen LogP contribution is 2.34. The molecule has 2 aromatic heterocycles. The number of methoxy groups -OCH3 is 1. The third-order valence-electron chi connectivity index (χ3n) is 6.12. The number of rotatable bonds is 9. The summed E-state index contributed by atoms with van der Waals surface area (Å²) in [6.45, 7) is 3.78. The third-order valence-corrected chi connectivity index (χ3v) is 6.12. The first-order valence-corrected chi connectivity index (χ1v) is 10.9. The van der Waals surface area contributed by atoms with E-state index in [1.54, 1.807) is 25.6 Å². The maximum absolute atomic E-state index is 12.4. The molecule has 1 aliphatic heterocycles. The first-order valence-electron chi connectivity index (χ1n) is 10.9. The van der Waals surface area contributed by atoms with Crippen molar-refractivity contribution < 1.29 is 24.5 Å². The molecular weight excluding hydrogens is 424 g/mol. The first kappa shape index (κ1) is 22.8. The molecule has 2 N–H and O–H groups in total. The van der Waals surface area contributed by atoms with Crippen LogP contribution in [0.5, 0.6) is 5.75 Å². The van der Waals surface area contributed by atoms with Crippen LogP contribution in [0.4, 0.5) is 0 Å². The van der Waals surface area contributed by atoms with Gasteiger partial charge in [0.25, 0.3) is 0 Å². The van der Waals surface area contributed by atoms with Crippen LogP contribution in [-0.2, 0) is 22.7 Å². The average molecular weight is 453 g/mol. The van der Waals surface area contributed by atoms with E-state index in [4.69, 9.17) is 9.84 Å². The molecule has 0 bridgehead atoms. The van der Waals surface area contributed by atoms with Crippen molar-refractivity contribution in [3.63, 3.8) is 0 Å². The minimum atomic E-state index is -0.921. The Hall–Kier alpha value is -3.43. The number of fused-ring (bicyclic) bond motifs is 1. The van der Waals surface area contributed by atoms with Crippen LogP contribution < -0.4 is 4.74 Å². The number of hydrogen-bond acceptors (Lipinski definition) is 6. The molecule has 0 radical (unpaired) electrons. The summed E-state index contributed by atoms with van der Waals surface area (Å²) in [7, 11) is 1.57. The molecule has 0 spiro atoms. The van der Waals surface area contributed by atoms with Crippen LogP contribution in [0.25, 0.3) is 10.9 Å². The number of aliphatic carboxylic acids is 2. The van der Waals surface area contributed by atoms with Crippen LogP contribution in [0.3, 0.4) is 0 Å². The normalized spacial score (nSPS) is 16.0. The van der Waals surface area contributed by atoms with Crippen LogP contribution in [-0.4, -0.2) is 74.8 Å². The van der Waals surface area contributed by atoms with Crippen LogP contribution in [0, 0.1) is 0 Å². The fraction of sp³-hybridized carbons (Fsp3) is 0.375. The maximum Gasteiger partial charge on any atom is 0.325 e. The van der Waals surface area contributed by atoms with Gasteiger partial charge in [-0.05, 0) is 29.8 Å². The molecule has 1 saturated heterocycles. The number of carboxylic acid groups (broad SMARTS) is 2. The van der Waals surface area contributed by atoms with Crippen LogP contribution in [0.15, 0.2) is 48.9 Å². The molecule has 33 heavy (non-hydrogen) atoms. The zero-order valence-electron chi connectivity index (χ0n) is 18.6. The fourth-order valence-electron chi connectivity index (χ4n) is 4.47. The van der Waals surface area contributed by atoms with Crippen molar-refractivity contribution in [2.45, 2.75) is 25.6 Å². The maximum atomic E-state index is 12.4. The van der Waals surface area contributed by atoms with E-state index >= 15 is 0 Å². The molecule has 9 nitrogen and oxygen atoms in total. The Morgan fingerprint density at radius 3 is 2.58 bits per heavy atom. The average Bonchev–Trinajstić information content (AvgIpc) is 3.16. The summed E-state index contributed by atoms with van der Waals surface area (Å²) in [5, 5.41) is 20.1.